The second kappa shape index (κ2) is 7.65. The Kier molecular flexibility index (Phi) is 6.13. The van der Waals surface area contributed by atoms with E-state index >= 15 is 0 Å². The molecule has 4 nitrogen and oxygen atoms in total. The van der Waals surface area contributed by atoms with Gasteiger partial charge in [-0.05, 0) is 38.1 Å². The topological polar surface area (TPSA) is 55.9 Å². The minimum atomic E-state index is -0.0592. The zero-order valence-corrected chi connectivity index (χ0v) is 15.0. The Morgan fingerprint density at radius 3 is 2.62 bits per heavy atom. The summed E-state index contributed by atoms with van der Waals surface area (Å²) in [4.78, 5) is 1.19. The number of aromatic nitrogens is 2. The van der Waals surface area contributed by atoms with Crippen LogP contribution in [0.2, 0.25) is 5.02 Å². The third kappa shape index (κ3) is 4.23. The van der Waals surface area contributed by atoms with Crippen LogP contribution in [0.15, 0.2) is 39.8 Å². The molecule has 1 aromatic carbocycles. The van der Waals surface area contributed by atoms with Crippen molar-refractivity contribution < 1.29 is 0 Å². The van der Waals surface area contributed by atoms with Gasteiger partial charge >= 0.3 is 0 Å². The van der Waals surface area contributed by atoms with E-state index in [2.05, 4.69) is 52.4 Å². The van der Waals surface area contributed by atoms with Crippen LogP contribution >= 0.6 is 39.3 Å². The van der Waals surface area contributed by atoms with E-state index in [9.17, 15) is 0 Å². The lowest BCUT2D eigenvalue weighted by molar-refractivity contribution is 0.468. The Labute approximate surface area is 142 Å². The van der Waals surface area contributed by atoms with Crippen LogP contribution in [-0.2, 0) is 0 Å². The molecule has 0 bridgehead atoms. The Morgan fingerprint density at radius 2 is 2.05 bits per heavy atom. The number of nitrogens with zero attached hydrogens (tertiary/aromatic N) is 2. The summed E-state index contributed by atoms with van der Waals surface area (Å²) in [5.74, 6) is 6.49. The average Bonchev–Trinajstić information content (AvgIpc) is 2.84. The van der Waals surface area contributed by atoms with Crippen LogP contribution in [0, 0.1) is 0 Å². The van der Waals surface area contributed by atoms with Crippen molar-refractivity contribution >= 4 is 39.3 Å². The van der Waals surface area contributed by atoms with Gasteiger partial charge in [0.15, 0.2) is 0 Å². The highest BCUT2D eigenvalue weighted by Gasteiger charge is 2.21. The van der Waals surface area contributed by atoms with Crippen molar-refractivity contribution in [2.24, 2.45) is 5.84 Å². The minimum absolute atomic E-state index is 0.0592. The molecular weight excluding hydrogens is 372 g/mol. The van der Waals surface area contributed by atoms with Crippen LogP contribution in [0.25, 0.3) is 0 Å². The number of nitrogens with one attached hydrogen (secondary N) is 1. The van der Waals surface area contributed by atoms with Gasteiger partial charge in [-0.1, -0.05) is 27.5 Å². The number of hydrogen-bond acceptors (Lipinski definition) is 4. The fourth-order valence-electron chi connectivity index (χ4n) is 2.00. The average molecular weight is 390 g/mol. The monoisotopic (exact) mass is 388 g/mol. The maximum absolute atomic E-state index is 6.27. The molecule has 7 heteroatoms. The van der Waals surface area contributed by atoms with Gasteiger partial charge in [-0.3, -0.25) is 16.0 Å². The van der Waals surface area contributed by atoms with Crippen LogP contribution in [0.3, 0.4) is 0 Å². The van der Waals surface area contributed by atoms with E-state index in [4.69, 9.17) is 17.4 Å². The summed E-state index contributed by atoms with van der Waals surface area (Å²) in [5.41, 5.74) is 3.78. The molecule has 3 N–H and O–H groups in total. The molecule has 0 aliphatic rings. The Balaban J connectivity index is 2.13. The molecule has 2 rings (SSSR count). The van der Waals surface area contributed by atoms with Gasteiger partial charge in [-0.15, -0.1) is 11.8 Å². The maximum atomic E-state index is 6.27. The van der Waals surface area contributed by atoms with E-state index < -0.39 is 0 Å². The molecular formula is C14H18BrClN4S. The van der Waals surface area contributed by atoms with Crippen LogP contribution in [0.5, 0.6) is 0 Å². The first kappa shape index (κ1) is 16.8. The van der Waals surface area contributed by atoms with Crippen molar-refractivity contribution in [2.75, 3.05) is 5.75 Å². The summed E-state index contributed by atoms with van der Waals surface area (Å²) >= 11 is 11.4. The summed E-state index contributed by atoms with van der Waals surface area (Å²) in [6.07, 6.45) is 1.67. The van der Waals surface area contributed by atoms with Crippen LogP contribution < -0.4 is 11.3 Å². The third-order valence-electron chi connectivity index (χ3n) is 3.04. The molecule has 0 aliphatic heterocycles. The minimum Gasteiger partial charge on any atom is -0.271 e. The smallest absolute Gasteiger partial charge is 0.0835 e. The van der Waals surface area contributed by atoms with Crippen molar-refractivity contribution in [2.45, 2.75) is 30.8 Å². The summed E-state index contributed by atoms with van der Waals surface area (Å²) in [6, 6.07) is 8.38. The summed E-state index contributed by atoms with van der Waals surface area (Å²) in [5, 5.41) is 4.97. The largest absolute Gasteiger partial charge is 0.271 e. The van der Waals surface area contributed by atoms with Gasteiger partial charge in [0.1, 0.15) is 0 Å². The van der Waals surface area contributed by atoms with Crippen LogP contribution in [-0.4, -0.2) is 15.5 Å². The zero-order valence-electron chi connectivity index (χ0n) is 11.9. The summed E-state index contributed by atoms with van der Waals surface area (Å²) in [6.45, 7) is 4.14. The lowest BCUT2D eigenvalue weighted by atomic mass is 10.2. The van der Waals surface area contributed by atoms with Crippen molar-refractivity contribution in [3.8, 4) is 0 Å². The quantitative estimate of drug-likeness (QED) is 0.442. The normalized spacial score (nSPS) is 12.9. The second-order valence-electron chi connectivity index (χ2n) is 4.90. The molecule has 0 saturated heterocycles. The Hall–Kier alpha value is -0.530. The highest BCUT2D eigenvalue weighted by Crippen LogP contribution is 2.30. The molecule has 1 unspecified atom stereocenters. The molecule has 114 valence electrons. The van der Waals surface area contributed by atoms with E-state index in [0.717, 1.165) is 15.9 Å². The molecule has 0 spiro atoms. The third-order valence-corrected chi connectivity index (χ3v) is 4.96. The summed E-state index contributed by atoms with van der Waals surface area (Å²) in [7, 11) is 0. The standard InChI is InChI=1S/C14H18BrClN4S/c1-9(2)20-14(12(16)7-18-20)13(19-17)8-21-11-5-3-10(15)4-6-11/h3-7,9,13,19H,8,17H2,1-2H3. The van der Waals surface area contributed by atoms with Gasteiger partial charge in [-0.2, -0.15) is 5.10 Å². The molecule has 21 heavy (non-hydrogen) atoms. The Bertz CT molecular complexity index is 585. The predicted molar refractivity (Wildman–Crippen MR) is 92.6 cm³/mol. The lowest BCUT2D eigenvalue weighted by Gasteiger charge is -2.20. The number of benzene rings is 1. The van der Waals surface area contributed by atoms with Crippen LogP contribution in [0.1, 0.15) is 31.6 Å². The van der Waals surface area contributed by atoms with Gasteiger partial charge in [0.25, 0.3) is 0 Å². The Morgan fingerprint density at radius 1 is 1.38 bits per heavy atom. The van der Waals surface area contributed by atoms with Gasteiger partial charge in [0, 0.05) is 21.2 Å². The molecule has 1 atom stereocenters. The van der Waals surface area contributed by atoms with Crippen molar-refractivity contribution in [1.82, 2.24) is 15.2 Å². The highest BCUT2D eigenvalue weighted by atomic mass is 79.9. The van der Waals surface area contributed by atoms with Gasteiger partial charge in [0.2, 0.25) is 0 Å². The predicted octanol–water partition coefficient (Wildman–Crippen LogP) is 4.18. The molecule has 1 heterocycles. The number of hydrazine groups is 1. The van der Waals surface area contributed by atoms with Gasteiger partial charge < -0.3 is 0 Å². The molecule has 0 fully saturated rings. The second-order valence-corrected chi connectivity index (χ2v) is 7.32. The fraction of sp³-hybridized carbons (Fsp3) is 0.357. The maximum Gasteiger partial charge on any atom is 0.0835 e. The van der Waals surface area contributed by atoms with E-state index in [-0.39, 0.29) is 12.1 Å². The number of hydrogen-bond donors (Lipinski definition) is 2. The molecule has 2 aromatic rings. The molecule has 0 amide bonds. The molecule has 0 radical (unpaired) electrons. The van der Waals surface area contributed by atoms with E-state index in [0.29, 0.717) is 5.02 Å². The van der Waals surface area contributed by atoms with E-state index in [1.165, 1.54) is 4.90 Å². The van der Waals surface area contributed by atoms with E-state index in [1.807, 2.05) is 16.8 Å². The highest BCUT2D eigenvalue weighted by molar-refractivity contribution is 9.10. The number of rotatable bonds is 6. The van der Waals surface area contributed by atoms with Crippen LogP contribution in [0.4, 0.5) is 0 Å². The van der Waals surface area contributed by atoms with Gasteiger partial charge in [-0.25, -0.2) is 0 Å². The first-order valence-corrected chi connectivity index (χ1v) is 8.76. The molecule has 0 saturated carbocycles. The summed E-state index contributed by atoms with van der Waals surface area (Å²) < 4.78 is 2.98. The SMILES string of the molecule is CC(C)n1ncc(Cl)c1C(CSc1ccc(Br)cc1)NN. The first-order chi connectivity index (χ1) is 10.0. The first-order valence-electron chi connectivity index (χ1n) is 6.60. The van der Waals surface area contributed by atoms with Gasteiger partial charge in [0.05, 0.1) is 23.0 Å². The number of thioether (sulfide) groups is 1. The lowest BCUT2D eigenvalue weighted by Crippen LogP contribution is -2.32. The molecule has 0 aliphatic carbocycles. The van der Waals surface area contributed by atoms with E-state index in [1.54, 1.807) is 18.0 Å². The molecule has 1 aromatic heterocycles. The van der Waals surface area contributed by atoms with Crippen molar-refractivity contribution in [3.63, 3.8) is 0 Å². The van der Waals surface area contributed by atoms with Crippen molar-refractivity contribution in [3.05, 3.63) is 45.7 Å². The van der Waals surface area contributed by atoms with Crippen molar-refractivity contribution in [1.29, 1.82) is 0 Å². The zero-order chi connectivity index (χ0) is 15.4. The number of nitrogens with two attached hydrogens (primary N) is 1. The fourth-order valence-corrected chi connectivity index (χ4v) is 3.47. The number of halogens is 2.